The van der Waals surface area contributed by atoms with Crippen molar-refractivity contribution in [3.05, 3.63) is 94.8 Å². The van der Waals surface area contributed by atoms with Crippen LogP contribution >= 0.6 is 11.6 Å². The van der Waals surface area contributed by atoms with Crippen LogP contribution in [-0.2, 0) is 13.2 Å². The molecule has 0 fully saturated rings. The van der Waals surface area contributed by atoms with Gasteiger partial charge in [0.25, 0.3) is 5.91 Å². The van der Waals surface area contributed by atoms with E-state index in [1.165, 1.54) is 12.1 Å². The predicted octanol–water partition coefficient (Wildman–Crippen LogP) is 5.55. The molecule has 0 aliphatic carbocycles. The highest BCUT2D eigenvalue weighted by molar-refractivity contribution is 6.31. The highest BCUT2D eigenvalue weighted by atomic mass is 35.5. The highest BCUT2D eigenvalue weighted by Gasteiger charge is 2.14. The monoisotopic (exact) mass is 469 g/mol. The molecule has 2 aromatic carbocycles. The number of ether oxygens (including phenoxy) is 2. The number of nitrogens with one attached hydrogen (secondary N) is 1. The first-order valence-corrected chi connectivity index (χ1v) is 10.6. The first-order valence-electron chi connectivity index (χ1n) is 10.2. The fourth-order valence-corrected chi connectivity index (χ4v) is 3.28. The van der Waals surface area contributed by atoms with E-state index < -0.39 is 11.7 Å². The van der Waals surface area contributed by atoms with Crippen molar-refractivity contribution >= 4 is 23.3 Å². The number of carbonyl (C=O) groups excluding carboxylic acids is 1. The summed E-state index contributed by atoms with van der Waals surface area (Å²) in [5.41, 5.74) is 0.710. The van der Waals surface area contributed by atoms with E-state index in [2.05, 4.69) is 10.4 Å². The lowest BCUT2D eigenvalue weighted by atomic mass is 10.2. The zero-order chi connectivity index (χ0) is 23.2. The molecule has 0 saturated heterocycles. The first kappa shape index (κ1) is 22.4. The molecule has 2 aromatic heterocycles. The van der Waals surface area contributed by atoms with Gasteiger partial charge in [-0.15, -0.1) is 0 Å². The van der Waals surface area contributed by atoms with Gasteiger partial charge in [-0.05, 0) is 61.0 Å². The van der Waals surface area contributed by atoms with Crippen molar-refractivity contribution in [1.29, 1.82) is 0 Å². The third-order valence-corrected chi connectivity index (χ3v) is 4.98. The fourth-order valence-electron chi connectivity index (χ4n) is 3.05. The van der Waals surface area contributed by atoms with E-state index in [1.807, 2.05) is 19.1 Å². The Labute approximate surface area is 194 Å². The van der Waals surface area contributed by atoms with E-state index >= 15 is 0 Å². The number of halogens is 2. The summed E-state index contributed by atoms with van der Waals surface area (Å²) < 4.78 is 31.4. The molecule has 0 bridgehead atoms. The molecule has 0 saturated carbocycles. The summed E-state index contributed by atoms with van der Waals surface area (Å²) in [6, 6.07) is 16.3. The first-order chi connectivity index (χ1) is 16.0. The second-order valence-electron chi connectivity index (χ2n) is 7.05. The van der Waals surface area contributed by atoms with Gasteiger partial charge in [-0.1, -0.05) is 17.7 Å². The molecule has 0 radical (unpaired) electrons. The van der Waals surface area contributed by atoms with Crippen molar-refractivity contribution in [2.45, 2.75) is 20.1 Å². The van der Waals surface area contributed by atoms with Crippen LogP contribution in [0.4, 0.5) is 10.2 Å². The molecule has 0 unspecified atom stereocenters. The molecule has 0 atom stereocenters. The van der Waals surface area contributed by atoms with Crippen molar-refractivity contribution in [1.82, 2.24) is 9.78 Å². The average molecular weight is 470 g/mol. The van der Waals surface area contributed by atoms with E-state index in [4.69, 9.17) is 25.5 Å². The minimum Gasteiger partial charge on any atom is -0.494 e. The van der Waals surface area contributed by atoms with Crippen LogP contribution in [-0.4, -0.2) is 22.3 Å². The smallest absolute Gasteiger partial charge is 0.292 e. The number of rotatable bonds is 9. The number of aromatic nitrogens is 2. The van der Waals surface area contributed by atoms with Gasteiger partial charge in [-0.3, -0.25) is 9.48 Å². The van der Waals surface area contributed by atoms with Crippen molar-refractivity contribution in [3.63, 3.8) is 0 Å². The van der Waals surface area contributed by atoms with Gasteiger partial charge in [0.1, 0.15) is 29.7 Å². The lowest BCUT2D eigenvalue weighted by Gasteiger charge is -2.06. The maximum Gasteiger partial charge on any atom is 0.292 e. The molecule has 1 amide bonds. The second-order valence-corrected chi connectivity index (χ2v) is 7.45. The summed E-state index contributed by atoms with van der Waals surface area (Å²) in [4.78, 5) is 12.5. The molecule has 4 rings (SSSR count). The van der Waals surface area contributed by atoms with Crippen LogP contribution in [0.5, 0.6) is 11.5 Å². The average Bonchev–Trinajstić information content (AvgIpc) is 3.45. The highest BCUT2D eigenvalue weighted by Crippen LogP contribution is 2.20. The zero-order valence-electron chi connectivity index (χ0n) is 17.8. The van der Waals surface area contributed by atoms with Gasteiger partial charge in [0.15, 0.2) is 11.6 Å². The maximum absolute atomic E-state index is 13.2. The van der Waals surface area contributed by atoms with Crippen molar-refractivity contribution in [3.8, 4) is 11.5 Å². The molecule has 2 heterocycles. The van der Waals surface area contributed by atoms with Crippen LogP contribution in [0, 0.1) is 5.82 Å². The maximum atomic E-state index is 13.2. The summed E-state index contributed by atoms with van der Waals surface area (Å²) in [6.07, 6.45) is 1.69. The van der Waals surface area contributed by atoms with Gasteiger partial charge in [-0.2, -0.15) is 5.10 Å². The number of anilines is 1. The van der Waals surface area contributed by atoms with E-state index in [0.717, 1.165) is 5.75 Å². The topological polar surface area (TPSA) is 78.5 Å². The Morgan fingerprint density at radius 2 is 1.85 bits per heavy atom. The lowest BCUT2D eigenvalue weighted by Crippen LogP contribution is -2.12. The van der Waals surface area contributed by atoms with Gasteiger partial charge < -0.3 is 19.2 Å². The number of amides is 1. The van der Waals surface area contributed by atoms with Crippen LogP contribution in [0.1, 0.15) is 28.8 Å². The molecule has 9 heteroatoms. The number of furan rings is 1. The molecule has 0 spiro atoms. The van der Waals surface area contributed by atoms with E-state index in [1.54, 1.807) is 47.3 Å². The minimum absolute atomic E-state index is 0.136. The Balaban J connectivity index is 1.31. The van der Waals surface area contributed by atoms with Crippen molar-refractivity contribution in [2.75, 3.05) is 11.9 Å². The van der Waals surface area contributed by atoms with Crippen LogP contribution in [0.2, 0.25) is 5.02 Å². The Hall–Kier alpha value is -3.78. The number of benzene rings is 2. The standard InChI is InChI=1S/C24H21ClFN3O4/c1-2-31-18-5-7-19(8-6-18)32-15-20-9-10-22(33-20)24(30)27-23-11-12-29(28-23)14-16-3-4-17(26)13-21(16)25/h3-13H,2,14-15H2,1H3,(H,27,28,30). The Bertz CT molecular complexity index is 1240. The molecule has 7 nitrogen and oxygen atoms in total. The number of hydrogen-bond acceptors (Lipinski definition) is 5. The normalized spacial score (nSPS) is 10.8. The Morgan fingerprint density at radius 3 is 2.58 bits per heavy atom. The molecule has 0 aliphatic rings. The molecule has 4 aromatic rings. The molecule has 33 heavy (non-hydrogen) atoms. The molecule has 170 valence electrons. The van der Waals surface area contributed by atoms with E-state index in [9.17, 15) is 9.18 Å². The Kier molecular flexibility index (Phi) is 6.95. The molecule has 0 aliphatic heterocycles. The van der Waals surface area contributed by atoms with Gasteiger partial charge in [0, 0.05) is 17.3 Å². The Morgan fingerprint density at radius 1 is 1.09 bits per heavy atom. The summed E-state index contributed by atoms with van der Waals surface area (Å²) in [5.74, 6) is 1.58. The molecular weight excluding hydrogens is 449 g/mol. The quantitative estimate of drug-likeness (QED) is 0.348. The van der Waals surface area contributed by atoms with Gasteiger partial charge in [0.2, 0.25) is 0 Å². The van der Waals surface area contributed by atoms with Gasteiger partial charge in [-0.25, -0.2) is 4.39 Å². The van der Waals surface area contributed by atoms with Crippen molar-refractivity contribution in [2.24, 2.45) is 0 Å². The number of carbonyl (C=O) groups is 1. The SMILES string of the molecule is CCOc1ccc(OCc2ccc(C(=O)Nc3ccn(Cc4ccc(F)cc4Cl)n3)o2)cc1. The van der Waals surface area contributed by atoms with Gasteiger partial charge >= 0.3 is 0 Å². The van der Waals surface area contributed by atoms with Crippen molar-refractivity contribution < 1.29 is 23.1 Å². The number of hydrogen-bond donors (Lipinski definition) is 1. The molecule has 1 N–H and O–H groups in total. The van der Waals surface area contributed by atoms with E-state index in [0.29, 0.717) is 41.1 Å². The zero-order valence-corrected chi connectivity index (χ0v) is 18.5. The molecular formula is C24H21ClFN3O4. The third-order valence-electron chi connectivity index (χ3n) is 4.63. The predicted molar refractivity (Wildman–Crippen MR) is 121 cm³/mol. The largest absolute Gasteiger partial charge is 0.494 e. The van der Waals surface area contributed by atoms with E-state index in [-0.39, 0.29) is 12.4 Å². The lowest BCUT2D eigenvalue weighted by molar-refractivity contribution is 0.0992. The third kappa shape index (κ3) is 5.93. The second kappa shape index (κ2) is 10.2. The summed E-state index contributed by atoms with van der Waals surface area (Å²) in [7, 11) is 0. The van der Waals surface area contributed by atoms with Crippen LogP contribution in [0.25, 0.3) is 0 Å². The van der Waals surface area contributed by atoms with Crippen LogP contribution in [0.3, 0.4) is 0 Å². The summed E-state index contributed by atoms with van der Waals surface area (Å²) in [5, 5.41) is 7.29. The summed E-state index contributed by atoms with van der Waals surface area (Å²) >= 11 is 6.06. The number of nitrogens with zero attached hydrogens (tertiary/aromatic N) is 2. The van der Waals surface area contributed by atoms with Crippen LogP contribution < -0.4 is 14.8 Å². The summed E-state index contributed by atoms with van der Waals surface area (Å²) in [6.45, 7) is 3.03. The van der Waals surface area contributed by atoms with Crippen LogP contribution in [0.15, 0.2) is 71.3 Å². The fraction of sp³-hybridized carbons (Fsp3) is 0.167. The minimum atomic E-state index is -0.438. The van der Waals surface area contributed by atoms with Gasteiger partial charge in [0.05, 0.1) is 13.2 Å².